The SMILES string of the molecule is O=C([C@@H]1CCCO1)N1CCN([C@@H]2CCc3c(Cl)cc(Cl)cc32)CC1. The smallest absolute Gasteiger partial charge is 0.251 e. The molecule has 2 fully saturated rings. The van der Waals surface area contributed by atoms with Crippen molar-refractivity contribution in [3.8, 4) is 0 Å². The van der Waals surface area contributed by atoms with E-state index in [4.69, 9.17) is 27.9 Å². The maximum absolute atomic E-state index is 12.5. The molecular weight excluding hydrogens is 347 g/mol. The molecule has 2 heterocycles. The first kappa shape index (κ1) is 16.6. The van der Waals surface area contributed by atoms with Crippen LogP contribution >= 0.6 is 23.2 Å². The van der Waals surface area contributed by atoms with Crippen molar-refractivity contribution in [1.82, 2.24) is 9.80 Å². The molecule has 0 N–H and O–H groups in total. The Bertz CT molecular complexity index is 638. The minimum absolute atomic E-state index is 0.171. The highest BCUT2D eigenvalue weighted by atomic mass is 35.5. The monoisotopic (exact) mass is 368 g/mol. The van der Waals surface area contributed by atoms with Crippen LogP contribution in [0.3, 0.4) is 0 Å². The van der Waals surface area contributed by atoms with Gasteiger partial charge in [0.1, 0.15) is 6.10 Å². The molecule has 1 aromatic carbocycles. The van der Waals surface area contributed by atoms with Crippen molar-refractivity contribution in [2.75, 3.05) is 32.8 Å². The third kappa shape index (κ3) is 3.05. The molecule has 0 bridgehead atoms. The molecule has 6 heteroatoms. The second-order valence-corrected chi connectivity index (χ2v) is 7.72. The lowest BCUT2D eigenvalue weighted by Gasteiger charge is -2.39. The molecule has 1 aliphatic carbocycles. The maximum atomic E-state index is 12.5. The van der Waals surface area contributed by atoms with Gasteiger partial charge in [-0.2, -0.15) is 0 Å². The number of ether oxygens (including phenoxy) is 1. The quantitative estimate of drug-likeness (QED) is 0.802. The van der Waals surface area contributed by atoms with Crippen LogP contribution in [-0.4, -0.2) is 54.6 Å². The van der Waals surface area contributed by atoms with Crippen molar-refractivity contribution in [3.63, 3.8) is 0 Å². The number of hydrogen-bond acceptors (Lipinski definition) is 3. The largest absolute Gasteiger partial charge is 0.368 e. The second kappa shape index (κ2) is 6.83. The number of rotatable bonds is 2. The lowest BCUT2D eigenvalue weighted by atomic mass is 10.1. The minimum Gasteiger partial charge on any atom is -0.368 e. The van der Waals surface area contributed by atoms with E-state index in [1.165, 1.54) is 11.1 Å². The average Bonchev–Trinajstić information content (AvgIpc) is 3.24. The molecule has 24 heavy (non-hydrogen) atoms. The zero-order valence-electron chi connectivity index (χ0n) is 13.6. The summed E-state index contributed by atoms with van der Waals surface area (Å²) in [4.78, 5) is 16.9. The van der Waals surface area contributed by atoms with Crippen molar-refractivity contribution in [3.05, 3.63) is 33.3 Å². The van der Waals surface area contributed by atoms with E-state index < -0.39 is 0 Å². The van der Waals surface area contributed by atoms with Gasteiger partial charge in [0.15, 0.2) is 0 Å². The summed E-state index contributed by atoms with van der Waals surface area (Å²) in [7, 11) is 0. The summed E-state index contributed by atoms with van der Waals surface area (Å²) in [5, 5.41) is 1.49. The average molecular weight is 369 g/mol. The summed E-state index contributed by atoms with van der Waals surface area (Å²) in [5.74, 6) is 0.171. The number of amides is 1. The van der Waals surface area contributed by atoms with Gasteiger partial charge in [-0.05, 0) is 48.9 Å². The van der Waals surface area contributed by atoms with Crippen molar-refractivity contribution in [2.24, 2.45) is 0 Å². The highest BCUT2D eigenvalue weighted by Crippen LogP contribution is 2.41. The zero-order valence-corrected chi connectivity index (χ0v) is 15.2. The van der Waals surface area contributed by atoms with Gasteiger partial charge in [-0.3, -0.25) is 9.69 Å². The summed E-state index contributed by atoms with van der Waals surface area (Å²) in [6.45, 7) is 4.06. The standard InChI is InChI=1S/C18H22Cl2N2O2/c19-12-10-14-13(15(20)11-12)3-4-16(14)21-5-7-22(8-6-21)18(23)17-2-1-9-24-17/h10-11,16-17H,1-9H2/t16-,17+/m1/s1. The van der Waals surface area contributed by atoms with Gasteiger partial charge in [0.2, 0.25) is 0 Å². The molecule has 0 saturated carbocycles. The number of nitrogens with zero attached hydrogens (tertiary/aromatic N) is 2. The first-order valence-corrected chi connectivity index (χ1v) is 9.51. The number of halogens is 2. The van der Waals surface area contributed by atoms with E-state index in [0.29, 0.717) is 11.1 Å². The fraction of sp³-hybridized carbons (Fsp3) is 0.611. The Morgan fingerprint density at radius 1 is 1.12 bits per heavy atom. The number of carbonyl (C=O) groups excluding carboxylic acids is 1. The zero-order chi connectivity index (χ0) is 16.7. The Hall–Kier alpha value is -0.810. The summed E-state index contributed by atoms with van der Waals surface area (Å²) in [6, 6.07) is 4.27. The fourth-order valence-electron chi connectivity index (χ4n) is 4.23. The van der Waals surface area contributed by atoms with Crippen LogP contribution in [0.1, 0.15) is 36.4 Å². The summed E-state index contributed by atoms with van der Waals surface area (Å²) < 4.78 is 5.53. The van der Waals surface area contributed by atoms with Crippen LogP contribution in [0.25, 0.3) is 0 Å². The molecule has 2 atom stereocenters. The van der Waals surface area contributed by atoms with Crippen LogP contribution in [-0.2, 0) is 16.0 Å². The Morgan fingerprint density at radius 2 is 1.92 bits per heavy atom. The van der Waals surface area contributed by atoms with Crippen molar-refractivity contribution in [2.45, 2.75) is 37.8 Å². The Labute approximate surface area is 152 Å². The van der Waals surface area contributed by atoms with Crippen molar-refractivity contribution < 1.29 is 9.53 Å². The topological polar surface area (TPSA) is 32.8 Å². The molecule has 1 amide bonds. The third-order valence-electron chi connectivity index (χ3n) is 5.49. The summed E-state index contributed by atoms with van der Waals surface area (Å²) >= 11 is 12.5. The Balaban J connectivity index is 1.42. The van der Waals surface area contributed by atoms with Crippen LogP contribution in [0.2, 0.25) is 10.0 Å². The molecule has 0 aromatic heterocycles. The second-order valence-electron chi connectivity index (χ2n) is 6.87. The molecule has 1 aromatic rings. The number of hydrogen-bond donors (Lipinski definition) is 0. The molecular formula is C18H22Cl2N2O2. The first-order chi connectivity index (χ1) is 11.6. The van der Waals surface area contributed by atoms with Crippen molar-refractivity contribution in [1.29, 1.82) is 0 Å². The van der Waals surface area contributed by atoms with Gasteiger partial charge >= 0.3 is 0 Å². The fourth-order valence-corrected chi connectivity index (χ4v) is 4.83. The van der Waals surface area contributed by atoms with Gasteiger partial charge in [0.25, 0.3) is 5.91 Å². The summed E-state index contributed by atoms with van der Waals surface area (Å²) in [5.41, 5.74) is 2.51. The Morgan fingerprint density at radius 3 is 2.62 bits per heavy atom. The van der Waals surface area contributed by atoms with Gasteiger partial charge < -0.3 is 9.64 Å². The van der Waals surface area contributed by atoms with E-state index in [2.05, 4.69) is 11.0 Å². The van der Waals surface area contributed by atoms with Crippen LogP contribution in [0.15, 0.2) is 12.1 Å². The van der Waals surface area contributed by atoms with E-state index in [1.54, 1.807) is 0 Å². The number of benzene rings is 1. The van der Waals surface area contributed by atoms with Gasteiger partial charge in [-0.1, -0.05) is 23.2 Å². The third-order valence-corrected chi connectivity index (χ3v) is 6.05. The van der Waals surface area contributed by atoms with Crippen LogP contribution in [0.4, 0.5) is 0 Å². The molecule has 130 valence electrons. The predicted octanol–water partition coefficient (Wildman–Crippen LogP) is 3.30. The number of fused-ring (bicyclic) bond motifs is 1. The van der Waals surface area contributed by atoms with E-state index in [1.807, 2.05) is 11.0 Å². The number of carbonyl (C=O) groups is 1. The van der Waals surface area contributed by atoms with Crippen LogP contribution in [0.5, 0.6) is 0 Å². The molecule has 2 saturated heterocycles. The molecule has 3 aliphatic rings. The maximum Gasteiger partial charge on any atom is 0.251 e. The number of piperazine rings is 1. The minimum atomic E-state index is -0.207. The van der Waals surface area contributed by atoms with E-state index in [0.717, 1.165) is 63.5 Å². The molecule has 0 unspecified atom stereocenters. The summed E-state index contributed by atoms with van der Waals surface area (Å²) in [6.07, 6.45) is 3.74. The lowest BCUT2D eigenvalue weighted by molar-refractivity contribution is -0.143. The molecule has 4 nitrogen and oxygen atoms in total. The lowest BCUT2D eigenvalue weighted by Crippen LogP contribution is -2.51. The predicted molar refractivity (Wildman–Crippen MR) is 94.7 cm³/mol. The molecule has 0 spiro atoms. The normalized spacial score (nSPS) is 27.5. The van der Waals surface area contributed by atoms with Gasteiger partial charge in [-0.15, -0.1) is 0 Å². The molecule has 2 aliphatic heterocycles. The highest BCUT2D eigenvalue weighted by Gasteiger charge is 2.34. The van der Waals surface area contributed by atoms with E-state index in [9.17, 15) is 4.79 Å². The van der Waals surface area contributed by atoms with Crippen LogP contribution < -0.4 is 0 Å². The molecule has 4 rings (SSSR count). The first-order valence-electron chi connectivity index (χ1n) is 8.76. The van der Waals surface area contributed by atoms with E-state index >= 15 is 0 Å². The molecule has 0 radical (unpaired) electrons. The van der Waals surface area contributed by atoms with Crippen LogP contribution in [0, 0.1) is 0 Å². The Kier molecular flexibility index (Phi) is 4.74. The van der Waals surface area contributed by atoms with Crippen molar-refractivity contribution >= 4 is 29.1 Å². The van der Waals surface area contributed by atoms with Gasteiger partial charge in [-0.25, -0.2) is 0 Å². The van der Waals surface area contributed by atoms with Gasteiger partial charge in [0, 0.05) is 48.9 Å². The van der Waals surface area contributed by atoms with Gasteiger partial charge in [0.05, 0.1) is 0 Å². The van der Waals surface area contributed by atoms with E-state index in [-0.39, 0.29) is 12.0 Å². The highest BCUT2D eigenvalue weighted by molar-refractivity contribution is 6.35.